The van der Waals surface area contributed by atoms with Gasteiger partial charge in [0.1, 0.15) is 29.7 Å². The molecule has 6 rings (SSSR count). The summed E-state index contributed by atoms with van der Waals surface area (Å²) in [6.07, 6.45) is -1.51. The molecule has 0 N–H and O–H groups in total. The van der Waals surface area contributed by atoms with Gasteiger partial charge in [-0.05, 0) is 80.9 Å². The average molecular weight is 865 g/mol. The number of carbonyl (C=O) groups excluding carboxylic acids is 1. The molecule has 58 heavy (non-hydrogen) atoms. The van der Waals surface area contributed by atoms with Crippen LogP contribution in [0.15, 0.2) is 72.3 Å². The Bertz CT molecular complexity index is 1840. The van der Waals surface area contributed by atoms with Gasteiger partial charge < -0.3 is 46.6 Å². The molecule has 2 unspecified atom stereocenters. The lowest BCUT2D eigenvalue weighted by molar-refractivity contribution is -0.312. The van der Waals surface area contributed by atoms with Crippen molar-refractivity contribution in [2.75, 3.05) is 13.7 Å². The lowest BCUT2D eigenvalue weighted by atomic mass is 9.78. The Morgan fingerprint density at radius 1 is 0.948 bits per heavy atom. The Kier molecular flexibility index (Phi) is 13.0. The molecule has 3 saturated heterocycles. The van der Waals surface area contributed by atoms with Crippen LogP contribution in [0.4, 0.5) is 0 Å². The topological polar surface area (TPSA) is 126 Å². The van der Waals surface area contributed by atoms with E-state index in [1.807, 2.05) is 78.0 Å². The van der Waals surface area contributed by atoms with Crippen LogP contribution in [-0.4, -0.2) is 81.5 Å². The zero-order valence-corrected chi connectivity index (χ0v) is 38.6. The third-order valence-corrected chi connectivity index (χ3v) is 18.3. The molecular weight excluding hydrogens is 803 g/mol. The summed E-state index contributed by atoms with van der Waals surface area (Å²) < 4.78 is 78.8. The first-order chi connectivity index (χ1) is 27.0. The molecule has 0 saturated carbocycles. The zero-order valence-electron chi connectivity index (χ0n) is 35.9. The molecule has 3 fully saturated rings. The molecular formula is C43H62ClO12PSi. The van der Waals surface area contributed by atoms with Crippen molar-refractivity contribution in [1.29, 1.82) is 0 Å². The molecule has 322 valence electrons. The van der Waals surface area contributed by atoms with E-state index < -0.39 is 74.7 Å². The number of fused-ring (bicyclic) bond motifs is 1. The van der Waals surface area contributed by atoms with E-state index >= 15 is 4.79 Å². The van der Waals surface area contributed by atoms with E-state index in [1.54, 1.807) is 37.4 Å². The molecule has 15 heteroatoms. The number of hydrogen-bond acceptors (Lipinski definition) is 12. The van der Waals surface area contributed by atoms with Crippen molar-refractivity contribution < 1.29 is 56.0 Å². The SMILES string of the molecule is CC[C@]1([C@@H]2OC(C(=O)OP(=O)(Cl)Oc3ccccc3)([C@H]3O[C@@](CO[Si](C)(C)C(C)(C)C)(OC)[C@H](C)C=C3C)C[C@@H]2C)O[C@H](OCc2ccccc2)[C@H]2OC(C)(C)O[C@H]21. The van der Waals surface area contributed by atoms with E-state index in [9.17, 15) is 4.57 Å². The van der Waals surface area contributed by atoms with Crippen LogP contribution in [0.5, 0.6) is 5.75 Å². The molecule has 4 aliphatic rings. The minimum atomic E-state index is -4.59. The highest BCUT2D eigenvalue weighted by atomic mass is 35.7. The highest BCUT2D eigenvalue weighted by Crippen LogP contribution is 2.59. The summed E-state index contributed by atoms with van der Waals surface area (Å²) in [6.45, 7) is 18.1. The van der Waals surface area contributed by atoms with Gasteiger partial charge in [0.2, 0.25) is 0 Å². The summed E-state index contributed by atoms with van der Waals surface area (Å²) in [5.41, 5.74) is -1.44. The monoisotopic (exact) mass is 864 g/mol. The number of halogens is 1. The van der Waals surface area contributed by atoms with E-state index in [-0.39, 0.29) is 42.3 Å². The quantitative estimate of drug-likeness (QED) is 0.102. The molecule has 0 aromatic heterocycles. The molecule has 11 atom stereocenters. The highest BCUT2D eigenvalue weighted by Gasteiger charge is 2.72. The largest absolute Gasteiger partial charge is 0.532 e. The van der Waals surface area contributed by atoms with E-state index in [0.717, 1.165) is 5.56 Å². The number of benzene rings is 2. The van der Waals surface area contributed by atoms with Gasteiger partial charge in [-0.15, -0.1) is 0 Å². The van der Waals surface area contributed by atoms with Crippen LogP contribution in [0.2, 0.25) is 18.1 Å². The fourth-order valence-electron chi connectivity index (χ4n) is 8.51. The Morgan fingerprint density at radius 3 is 2.19 bits per heavy atom. The van der Waals surface area contributed by atoms with Gasteiger partial charge in [-0.1, -0.05) is 96.1 Å². The van der Waals surface area contributed by atoms with Crippen LogP contribution >= 0.6 is 18.2 Å². The molecule has 0 amide bonds. The van der Waals surface area contributed by atoms with Gasteiger partial charge in [0, 0.05) is 24.3 Å². The molecule has 4 aliphatic heterocycles. The predicted molar refractivity (Wildman–Crippen MR) is 222 cm³/mol. The zero-order chi connectivity index (χ0) is 42.5. The van der Waals surface area contributed by atoms with Gasteiger partial charge in [0.15, 0.2) is 31.8 Å². The summed E-state index contributed by atoms with van der Waals surface area (Å²) >= 11 is 6.46. The summed E-state index contributed by atoms with van der Waals surface area (Å²) in [5, 5.41) is -0.0929. The second-order valence-electron chi connectivity index (χ2n) is 18.2. The van der Waals surface area contributed by atoms with Crippen molar-refractivity contribution in [3.8, 4) is 5.75 Å². The van der Waals surface area contributed by atoms with Crippen molar-refractivity contribution in [2.24, 2.45) is 11.8 Å². The van der Waals surface area contributed by atoms with E-state index in [0.29, 0.717) is 12.0 Å². The van der Waals surface area contributed by atoms with Gasteiger partial charge in [-0.2, -0.15) is 0 Å². The summed E-state index contributed by atoms with van der Waals surface area (Å²) in [4.78, 5) is 15.0. The molecule has 2 aromatic rings. The second-order valence-corrected chi connectivity index (χ2v) is 25.5. The maximum Gasteiger partial charge on any atom is 0.532 e. The summed E-state index contributed by atoms with van der Waals surface area (Å²) in [6, 6.07) is 18.1. The van der Waals surface area contributed by atoms with Crippen molar-refractivity contribution in [1.82, 2.24) is 0 Å². The van der Waals surface area contributed by atoms with Gasteiger partial charge in [0.05, 0.1) is 19.3 Å². The number of ether oxygens (including phenoxy) is 7. The Hall–Kier alpha value is -2.13. The molecule has 4 heterocycles. The van der Waals surface area contributed by atoms with Gasteiger partial charge >= 0.3 is 12.9 Å². The molecule has 0 aliphatic carbocycles. The lowest BCUT2D eigenvalue weighted by Crippen LogP contribution is -2.62. The third-order valence-electron chi connectivity index (χ3n) is 12.6. The van der Waals surface area contributed by atoms with Crippen molar-refractivity contribution in [2.45, 2.75) is 153 Å². The first-order valence-electron chi connectivity index (χ1n) is 20.2. The minimum Gasteiger partial charge on any atom is -0.411 e. The minimum absolute atomic E-state index is 0.0636. The Morgan fingerprint density at radius 2 is 1.59 bits per heavy atom. The normalized spacial score (nSPS) is 35.9. The van der Waals surface area contributed by atoms with E-state index in [4.69, 9.17) is 57.9 Å². The van der Waals surface area contributed by atoms with Crippen molar-refractivity contribution in [3.05, 3.63) is 77.9 Å². The average Bonchev–Trinajstić information content (AvgIpc) is 3.77. The standard InChI is InChI=1S/C43H62ClO12PSi/c1-13-41(36-33(50-40(8,9)51-36)37(54-41)48-26-31-20-16-14-17-21-31)35-29(3)25-42(52-35,38(45)56-57(44,46)55-32-22-18-15-19-23-32)34-28(2)24-30(4)43(47-10,53-34)27-49-58(11,12)39(5,6)7/h14-24,29-30,33-37H,13,25-27H2,1-12H3/t29-,30+,33-,34-,35+,36+,37-,41+,42?,43+,57?/m0/s1. The van der Waals surface area contributed by atoms with Crippen LogP contribution in [0, 0.1) is 11.8 Å². The molecule has 2 aromatic carbocycles. The maximum atomic E-state index is 15.0. The smallest absolute Gasteiger partial charge is 0.411 e. The van der Waals surface area contributed by atoms with Crippen molar-refractivity contribution in [3.63, 3.8) is 0 Å². The van der Waals surface area contributed by atoms with Crippen molar-refractivity contribution >= 4 is 32.5 Å². The number of rotatable bonds is 14. The van der Waals surface area contributed by atoms with Crippen LogP contribution < -0.4 is 4.52 Å². The van der Waals surface area contributed by atoms with Crippen LogP contribution in [0.25, 0.3) is 0 Å². The molecule has 12 nitrogen and oxygen atoms in total. The van der Waals surface area contributed by atoms with Gasteiger partial charge in [-0.25, -0.2) is 9.36 Å². The first kappa shape index (κ1) is 45.4. The highest BCUT2D eigenvalue weighted by molar-refractivity contribution is 7.82. The van der Waals surface area contributed by atoms with E-state index in [1.165, 1.54) is 0 Å². The molecule has 0 radical (unpaired) electrons. The number of carbonyl (C=O) groups is 1. The number of methoxy groups -OCH3 is 1. The number of hydrogen-bond donors (Lipinski definition) is 0. The summed E-state index contributed by atoms with van der Waals surface area (Å²) in [5.74, 6) is -3.82. The fraction of sp³-hybridized carbons (Fsp3) is 0.651. The summed E-state index contributed by atoms with van der Waals surface area (Å²) in [7, 11) is -0.738. The fourth-order valence-corrected chi connectivity index (χ4v) is 10.7. The predicted octanol–water partition coefficient (Wildman–Crippen LogP) is 9.71. The maximum absolute atomic E-state index is 15.0. The second kappa shape index (κ2) is 16.6. The van der Waals surface area contributed by atoms with Gasteiger partial charge in [-0.3, -0.25) is 0 Å². The Labute approximate surface area is 349 Å². The van der Waals surface area contributed by atoms with Crippen LogP contribution in [-0.2, 0) is 58.1 Å². The van der Waals surface area contributed by atoms with Crippen LogP contribution in [0.3, 0.4) is 0 Å². The molecule has 0 spiro atoms. The van der Waals surface area contributed by atoms with E-state index in [2.05, 4.69) is 33.9 Å². The third kappa shape index (κ3) is 8.79. The molecule has 0 bridgehead atoms. The number of para-hydroxylation sites is 1. The van der Waals surface area contributed by atoms with Gasteiger partial charge in [0.25, 0.3) is 0 Å². The van der Waals surface area contributed by atoms with Crippen LogP contribution in [0.1, 0.15) is 80.7 Å². The first-order valence-corrected chi connectivity index (χ1v) is 25.6. The lowest BCUT2D eigenvalue weighted by Gasteiger charge is -2.49. The Balaban J connectivity index is 1.39.